The zero-order chi connectivity index (χ0) is 14.8. The number of nitrogens with one attached hydrogen (secondary N) is 1. The lowest BCUT2D eigenvalue weighted by atomic mass is 9.87. The molecule has 1 aromatic heterocycles. The topological polar surface area (TPSA) is 39.1 Å². The Bertz CT molecular complexity index is 633. The molecule has 0 aliphatic heterocycles. The predicted octanol–water partition coefficient (Wildman–Crippen LogP) is 2.90. The van der Waals surface area contributed by atoms with Gasteiger partial charge in [0.1, 0.15) is 12.4 Å². The molecule has 0 spiro atoms. The van der Waals surface area contributed by atoms with Crippen molar-refractivity contribution in [3.05, 3.63) is 46.8 Å². The molecular weight excluding hydrogens is 262 g/mol. The van der Waals surface area contributed by atoms with Crippen LogP contribution < -0.4 is 10.1 Å². The lowest BCUT2D eigenvalue weighted by Gasteiger charge is -2.26. The second-order valence-corrected chi connectivity index (χ2v) is 5.75. The smallest absolute Gasteiger partial charge is 0.130 e. The molecule has 1 N–H and O–H groups in total. The molecule has 0 amide bonds. The fraction of sp³-hybridized carbons (Fsp3) is 0.471. The van der Waals surface area contributed by atoms with Crippen LogP contribution in [0.3, 0.4) is 0 Å². The van der Waals surface area contributed by atoms with E-state index in [1.807, 2.05) is 25.7 Å². The van der Waals surface area contributed by atoms with Gasteiger partial charge in [0.15, 0.2) is 0 Å². The highest BCUT2D eigenvalue weighted by Gasteiger charge is 2.21. The van der Waals surface area contributed by atoms with Crippen molar-refractivity contribution in [1.29, 1.82) is 0 Å². The van der Waals surface area contributed by atoms with Crippen molar-refractivity contribution in [3.8, 4) is 5.75 Å². The van der Waals surface area contributed by atoms with Crippen LogP contribution in [0.5, 0.6) is 5.75 Å². The molecule has 3 rings (SSSR count). The van der Waals surface area contributed by atoms with Gasteiger partial charge in [0.05, 0.1) is 11.4 Å². The van der Waals surface area contributed by atoms with Crippen LogP contribution >= 0.6 is 0 Å². The van der Waals surface area contributed by atoms with Crippen LogP contribution in [0.4, 0.5) is 0 Å². The molecule has 21 heavy (non-hydrogen) atoms. The van der Waals surface area contributed by atoms with Gasteiger partial charge in [0, 0.05) is 13.1 Å². The van der Waals surface area contributed by atoms with E-state index in [1.165, 1.54) is 24.0 Å². The summed E-state index contributed by atoms with van der Waals surface area (Å²) in [5, 5.41) is 7.77. The zero-order valence-electron chi connectivity index (χ0n) is 13.0. The van der Waals surface area contributed by atoms with Crippen molar-refractivity contribution in [3.63, 3.8) is 0 Å². The Morgan fingerprint density at radius 2 is 2.29 bits per heavy atom. The number of hydrogen-bond acceptors (Lipinski definition) is 3. The lowest BCUT2D eigenvalue weighted by Crippen LogP contribution is -2.22. The molecule has 0 saturated carbocycles. The molecule has 112 valence electrons. The van der Waals surface area contributed by atoms with Crippen molar-refractivity contribution in [1.82, 2.24) is 15.1 Å². The molecule has 4 heteroatoms. The maximum atomic E-state index is 6.09. The number of hydrogen-bond donors (Lipinski definition) is 1. The maximum absolute atomic E-state index is 6.09. The van der Waals surface area contributed by atoms with Gasteiger partial charge < -0.3 is 10.1 Å². The van der Waals surface area contributed by atoms with Crippen LogP contribution in [0.1, 0.15) is 41.4 Å². The van der Waals surface area contributed by atoms with E-state index in [0.29, 0.717) is 12.6 Å². The van der Waals surface area contributed by atoms with Gasteiger partial charge >= 0.3 is 0 Å². The minimum Gasteiger partial charge on any atom is -0.487 e. The average molecular weight is 285 g/mol. The number of benzene rings is 1. The summed E-state index contributed by atoms with van der Waals surface area (Å²) < 4.78 is 7.98. The Labute approximate surface area is 126 Å². The normalized spacial score (nSPS) is 17.6. The molecule has 0 saturated heterocycles. The molecule has 2 aromatic rings. The Hall–Kier alpha value is -1.81. The maximum Gasteiger partial charge on any atom is 0.130 e. The average Bonchev–Trinajstić information content (AvgIpc) is 2.82. The Morgan fingerprint density at radius 3 is 3.00 bits per heavy atom. The highest BCUT2D eigenvalue weighted by atomic mass is 16.5. The van der Waals surface area contributed by atoms with Gasteiger partial charge in [0.25, 0.3) is 0 Å². The Kier molecular flexibility index (Phi) is 3.97. The summed E-state index contributed by atoms with van der Waals surface area (Å²) in [6, 6.07) is 8.93. The van der Waals surface area contributed by atoms with Crippen LogP contribution in [0.25, 0.3) is 0 Å². The van der Waals surface area contributed by atoms with Gasteiger partial charge in [-0.2, -0.15) is 5.10 Å². The van der Waals surface area contributed by atoms with Crippen molar-refractivity contribution in [2.45, 2.75) is 38.8 Å². The third-order valence-electron chi connectivity index (χ3n) is 4.29. The van der Waals surface area contributed by atoms with Crippen LogP contribution in [-0.4, -0.2) is 16.8 Å². The van der Waals surface area contributed by atoms with E-state index in [2.05, 4.69) is 34.7 Å². The Balaban J connectivity index is 1.81. The van der Waals surface area contributed by atoms with Gasteiger partial charge in [-0.25, -0.2) is 0 Å². The van der Waals surface area contributed by atoms with Gasteiger partial charge in [-0.3, -0.25) is 4.68 Å². The van der Waals surface area contributed by atoms with E-state index in [1.54, 1.807) is 0 Å². The molecule has 1 unspecified atom stereocenters. The van der Waals surface area contributed by atoms with E-state index < -0.39 is 0 Å². The standard InChI is InChI=1S/C17H23N3O/c1-12-10-13(20(3)19-12)11-21-17-9-5-6-14-15(17)7-4-8-16(14)18-2/h5-6,9-10,16,18H,4,7-8,11H2,1-3H3. The summed E-state index contributed by atoms with van der Waals surface area (Å²) >= 11 is 0. The van der Waals surface area contributed by atoms with E-state index in [4.69, 9.17) is 4.74 Å². The van der Waals surface area contributed by atoms with E-state index in [0.717, 1.165) is 23.6 Å². The highest BCUT2D eigenvalue weighted by Crippen LogP contribution is 2.35. The van der Waals surface area contributed by atoms with Crippen LogP contribution in [-0.2, 0) is 20.1 Å². The molecule has 0 bridgehead atoms. The number of aryl methyl sites for hydroxylation is 2. The highest BCUT2D eigenvalue weighted by molar-refractivity contribution is 5.43. The summed E-state index contributed by atoms with van der Waals surface area (Å²) in [7, 11) is 3.99. The summed E-state index contributed by atoms with van der Waals surface area (Å²) in [6.45, 7) is 2.57. The number of aromatic nitrogens is 2. The van der Waals surface area contributed by atoms with Crippen LogP contribution in [0, 0.1) is 6.92 Å². The van der Waals surface area contributed by atoms with Gasteiger partial charge in [-0.15, -0.1) is 0 Å². The molecule has 0 fully saturated rings. The van der Waals surface area contributed by atoms with Gasteiger partial charge in [0.2, 0.25) is 0 Å². The monoisotopic (exact) mass is 285 g/mol. The fourth-order valence-electron chi connectivity index (χ4n) is 3.20. The SMILES string of the molecule is CNC1CCCc2c(OCc3cc(C)nn3C)cccc21. The van der Waals surface area contributed by atoms with Crippen molar-refractivity contribution < 1.29 is 4.74 Å². The molecule has 1 heterocycles. The quantitative estimate of drug-likeness (QED) is 0.939. The lowest BCUT2D eigenvalue weighted by molar-refractivity contribution is 0.289. The minimum atomic E-state index is 0.455. The van der Waals surface area contributed by atoms with Crippen molar-refractivity contribution >= 4 is 0 Å². The van der Waals surface area contributed by atoms with Gasteiger partial charge in [-0.1, -0.05) is 12.1 Å². The van der Waals surface area contributed by atoms with Crippen molar-refractivity contribution in [2.24, 2.45) is 7.05 Å². The zero-order valence-corrected chi connectivity index (χ0v) is 13.0. The minimum absolute atomic E-state index is 0.455. The van der Waals surface area contributed by atoms with Crippen LogP contribution in [0.15, 0.2) is 24.3 Å². The summed E-state index contributed by atoms with van der Waals surface area (Å²) in [5.41, 5.74) is 4.89. The summed E-state index contributed by atoms with van der Waals surface area (Å²) in [4.78, 5) is 0. The second-order valence-electron chi connectivity index (χ2n) is 5.75. The number of nitrogens with zero attached hydrogens (tertiary/aromatic N) is 2. The molecule has 1 aromatic carbocycles. The first-order chi connectivity index (χ1) is 10.2. The molecule has 1 aliphatic carbocycles. The van der Waals surface area contributed by atoms with E-state index in [-0.39, 0.29) is 0 Å². The third-order valence-corrected chi connectivity index (χ3v) is 4.29. The first-order valence-corrected chi connectivity index (χ1v) is 7.60. The molecule has 1 atom stereocenters. The number of ether oxygens (including phenoxy) is 1. The summed E-state index contributed by atoms with van der Waals surface area (Å²) in [6.07, 6.45) is 3.52. The fourth-order valence-corrected chi connectivity index (χ4v) is 3.20. The van der Waals surface area contributed by atoms with E-state index >= 15 is 0 Å². The first kappa shape index (κ1) is 14.1. The van der Waals surface area contributed by atoms with Crippen LogP contribution in [0.2, 0.25) is 0 Å². The Morgan fingerprint density at radius 1 is 1.43 bits per heavy atom. The summed E-state index contributed by atoms with van der Waals surface area (Å²) in [5.74, 6) is 1.02. The first-order valence-electron chi connectivity index (χ1n) is 7.60. The predicted molar refractivity (Wildman–Crippen MR) is 83.5 cm³/mol. The van der Waals surface area contributed by atoms with E-state index in [9.17, 15) is 0 Å². The van der Waals surface area contributed by atoms with Crippen molar-refractivity contribution in [2.75, 3.05) is 7.05 Å². The number of rotatable bonds is 4. The molecule has 1 aliphatic rings. The second kappa shape index (κ2) is 5.90. The number of fused-ring (bicyclic) bond motifs is 1. The molecule has 0 radical (unpaired) electrons. The molecule has 4 nitrogen and oxygen atoms in total. The van der Waals surface area contributed by atoms with Gasteiger partial charge in [-0.05, 0) is 56.5 Å². The third kappa shape index (κ3) is 2.81. The largest absolute Gasteiger partial charge is 0.487 e. The molecular formula is C17H23N3O.